The van der Waals surface area contributed by atoms with Crippen molar-refractivity contribution in [1.29, 1.82) is 0 Å². The van der Waals surface area contributed by atoms with Gasteiger partial charge in [-0.05, 0) is 41.7 Å². The second-order valence-electron chi connectivity index (χ2n) is 8.47. The average Bonchev–Trinajstić information content (AvgIpc) is 2.82. The van der Waals surface area contributed by atoms with Crippen LogP contribution in [0.2, 0.25) is 0 Å². The fourth-order valence-electron chi connectivity index (χ4n) is 4.18. The topological polar surface area (TPSA) is 127 Å². The molecule has 0 unspecified atom stereocenters. The molecule has 34 heavy (non-hydrogen) atoms. The van der Waals surface area contributed by atoms with Crippen molar-refractivity contribution in [2.75, 3.05) is 26.0 Å². The molecule has 0 spiro atoms. The van der Waals surface area contributed by atoms with Crippen molar-refractivity contribution in [3.8, 4) is 16.9 Å². The molecule has 0 aromatic heterocycles. The highest BCUT2D eigenvalue weighted by Gasteiger charge is 2.31. The van der Waals surface area contributed by atoms with E-state index in [9.17, 15) is 21.6 Å². The lowest BCUT2D eigenvalue weighted by Crippen LogP contribution is -2.32. The molecule has 0 saturated heterocycles. The summed E-state index contributed by atoms with van der Waals surface area (Å²) in [7, 11) is -5.77. The zero-order chi connectivity index (χ0) is 24.8. The molecule has 1 aliphatic rings. The molecule has 0 aliphatic heterocycles. The maximum absolute atomic E-state index is 13.3. The van der Waals surface area contributed by atoms with Gasteiger partial charge in [-0.1, -0.05) is 49.6 Å². The van der Waals surface area contributed by atoms with Crippen LogP contribution in [0.4, 0.5) is 0 Å². The molecule has 1 saturated carbocycles. The number of methoxy groups -OCH3 is 1. The van der Waals surface area contributed by atoms with Gasteiger partial charge in [0.15, 0.2) is 19.7 Å². The maximum atomic E-state index is 13.3. The quantitative estimate of drug-likeness (QED) is 0.504. The van der Waals surface area contributed by atoms with Gasteiger partial charge in [0.2, 0.25) is 5.91 Å². The number of aliphatic hydroxyl groups excluding tert-OH is 1. The Morgan fingerprint density at radius 2 is 1.65 bits per heavy atom. The molecule has 2 aromatic carbocycles. The SMILES string of the molecule is COc1ccc(-c2ccc(CS(=O)(=O)CC(=O)NCCO)cc2)cc1S(=O)(=O)C1CCCCC1. The van der Waals surface area contributed by atoms with E-state index in [0.717, 1.165) is 24.8 Å². The van der Waals surface area contributed by atoms with Crippen molar-refractivity contribution in [3.63, 3.8) is 0 Å². The minimum Gasteiger partial charge on any atom is -0.495 e. The van der Waals surface area contributed by atoms with E-state index in [1.807, 2.05) is 0 Å². The number of ether oxygens (including phenoxy) is 1. The molecule has 1 amide bonds. The first-order chi connectivity index (χ1) is 16.2. The van der Waals surface area contributed by atoms with Crippen LogP contribution in [-0.4, -0.2) is 59.1 Å². The summed E-state index contributed by atoms with van der Waals surface area (Å²) in [6, 6.07) is 11.8. The van der Waals surface area contributed by atoms with Crippen molar-refractivity contribution in [3.05, 3.63) is 48.0 Å². The van der Waals surface area contributed by atoms with Gasteiger partial charge in [-0.15, -0.1) is 0 Å². The molecular weight excluding hydrogens is 478 g/mol. The summed E-state index contributed by atoms with van der Waals surface area (Å²) in [6.07, 6.45) is 4.16. The van der Waals surface area contributed by atoms with Crippen LogP contribution in [0.1, 0.15) is 37.7 Å². The Bertz CT molecular complexity index is 1200. The summed E-state index contributed by atoms with van der Waals surface area (Å²) in [5, 5.41) is 10.6. The number of carbonyl (C=O) groups is 1. The van der Waals surface area contributed by atoms with Gasteiger partial charge in [0.1, 0.15) is 16.4 Å². The molecule has 10 heteroatoms. The standard InChI is InChI=1S/C24H31NO7S2/c1-32-22-12-11-20(15-23(22)34(30,31)21-5-3-2-4-6-21)19-9-7-18(8-10-19)16-33(28,29)17-24(27)25-13-14-26/h7-12,15,21,26H,2-6,13-14,16-17H2,1H3,(H,25,27). The minimum atomic E-state index is -3.68. The largest absolute Gasteiger partial charge is 0.495 e. The van der Waals surface area contributed by atoms with E-state index in [-0.39, 0.29) is 23.8 Å². The van der Waals surface area contributed by atoms with Crippen LogP contribution >= 0.6 is 0 Å². The van der Waals surface area contributed by atoms with Crippen LogP contribution in [0.3, 0.4) is 0 Å². The highest BCUT2D eigenvalue weighted by molar-refractivity contribution is 7.92. The lowest BCUT2D eigenvalue weighted by atomic mass is 10.0. The minimum absolute atomic E-state index is 0.00334. The number of hydrogen-bond donors (Lipinski definition) is 2. The van der Waals surface area contributed by atoms with Gasteiger partial charge in [0, 0.05) is 6.54 Å². The summed E-state index contributed by atoms with van der Waals surface area (Å²) < 4.78 is 56.6. The lowest BCUT2D eigenvalue weighted by Gasteiger charge is -2.23. The van der Waals surface area contributed by atoms with E-state index in [0.29, 0.717) is 29.7 Å². The lowest BCUT2D eigenvalue weighted by molar-refractivity contribution is -0.118. The monoisotopic (exact) mass is 509 g/mol. The van der Waals surface area contributed by atoms with Gasteiger partial charge in [-0.2, -0.15) is 0 Å². The van der Waals surface area contributed by atoms with E-state index >= 15 is 0 Å². The van der Waals surface area contributed by atoms with Crippen molar-refractivity contribution >= 4 is 25.6 Å². The van der Waals surface area contributed by atoms with Crippen LogP contribution in [0, 0.1) is 0 Å². The Hall–Kier alpha value is -2.43. The molecular formula is C24H31NO7S2. The molecule has 0 bridgehead atoms. The van der Waals surface area contributed by atoms with E-state index in [1.54, 1.807) is 42.5 Å². The zero-order valence-electron chi connectivity index (χ0n) is 19.2. The molecule has 8 nitrogen and oxygen atoms in total. The number of hydrogen-bond acceptors (Lipinski definition) is 7. The first-order valence-corrected chi connectivity index (χ1v) is 14.6. The molecule has 0 radical (unpaired) electrons. The molecule has 2 N–H and O–H groups in total. The van der Waals surface area contributed by atoms with Crippen LogP contribution in [0.5, 0.6) is 5.75 Å². The summed E-state index contributed by atoms with van der Waals surface area (Å²) in [5.41, 5.74) is 1.94. The summed E-state index contributed by atoms with van der Waals surface area (Å²) in [5.74, 6) is -1.30. The third-order valence-electron chi connectivity index (χ3n) is 5.92. The highest BCUT2D eigenvalue weighted by atomic mass is 32.2. The van der Waals surface area contributed by atoms with Crippen molar-refractivity contribution in [1.82, 2.24) is 5.32 Å². The van der Waals surface area contributed by atoms with Gasteiger partial charge in [-0.3, -0.25) is 4.79 Å². The average molecular weight is 510 g/mol. The molecule has 0 heterocycles. The number of amides is 1. The Labute approximate surface area is 201 Å². The normalized spacial score (nSPS) is 15.1. The number of sulfone groups is 2. The Kier molecular flexibility index (Phi) is 8.72. The smallest absolute Gasteiger partial charge is 0.235 e. The molecule has 0 atom stereocenters. The number of nitrogens with one attached hydrogen (secondary N) is 1. The molecule has 2 aromatic rings. The first-order valence-electron chi connectivity index (χ1n) is 11.3. The van der Waals surface area contributed by atoms with Gasteiger partial charge in [0.25, 0.3) is 0 Å². The summed E-state index contributed by atoms with van der Waals surface area (Å²) >= 11 is 0. The predicted octanol–water partition coefficient (Wildman–Crippen LogP) is 2.49. The molecule has 1 aliphatic carbocycles. The van der Waals surface area contributed by atoms with Gasteiger partial charge < -0.3 is 15.2 Å². The van der Waals surface area contributed by atoms with Crippen LogP contribution in [0.25, 0.3) is 11.1 Å². The third-order valence-corrected chi connectivity index (χ3v) is 9.68. The van der Waals surface area contributed by atoms with Crippen molar-refractivity contribution < 1.29 is 31.5 Å². The maximum Gasteiger partial charge on any atom is 0.235 e. The zero-order valence-corrected chi connectivity index (χ0v) is 20.8. The Morgan fingerprint density at radius 1 is 1.00 bits per heavy atom. The Balaban J connectivity index is 1.80. The third kappa shape index (κ3) is 6.58. The number of aliphatic hydroxyl groups is 1. The van der Waals surface area contributed by atoms with Crippen molar-refractivity contribution in [2.45, 2.75) is 48.0 Å². The van der Waals surface area contributed by atoms with Crippen LogP contribution in [0.15, 0.2) is 47.4 Å². The van der Waals surface area contributed by atoms with E-state index in [1.165, 1.54) is 7.11 Å². The Morgan fingerprint density at radius 3 is 2.26 bits per heavy atom. The molecule has 3 rings (SSSR count). The predicted molar refractivity (Wildman–Crippen MR) is 130 cm³/mol. The number of carbonyl (C=O) groups excluding carboxylic acids is 1. The first kappa shape index (κ1) is 26.2. The van der Waals surface area contributed by atoms with Crippen molar-refractivity contribution in [2.24, 2.45) is 0 Å². The van der Waals surface area contributed by atoms with E-state index in [4.69, 9.17) is 9.84 Å². The second-order valence-corrected chi connectivity index (χ2v) is 12.7. The summed E-state index contributed by atoms with van der Waals surface area (Å²) in [6.45, 7) is -0.258. The highest BCUT2D eigenvalue weighted by Crippen LogP contribution is 2.36. The van der Waals surface area contributed by atoms with Gasteiger partial charge >= 0.3 is 0 Å². The van der Waals surface area contributed by atoms with Crippen LogP contribution < -0.4 is 10.1 Å². The second kappa shape index (κ2) is 11.3. The molecule has 1 fully saturated rings. The van der Waals surface area contributed by atoms with Crippen LogP contribution in [-0.2, 0) is 30.2 Å². The van der Waals surface area contributed by atoms with Gasteiger partial charge in [0.05, 0.1) is 24.7 Å². The fourth-order valence-corrected chi connectivity index (χ4v) is 7.52. The summed E-state index contributed by atoms with van der Waals surface area (Å²) in [4.78, 5) is 11.8. The van der Waals surface area contributed by atoms with Gasteiger partial charge in [-0.25, -0.2) is 16.8 Å². The fraction of sp³-hybridized carbons (Fsp3) is 0.458. The molecule has 186 valence electrons. The number of rotatable bonds is 10. The van der Waals surface area contributed by atoms with E-state index < -0.39 is 36.6 Å². The number of benzene rings is 2. The van der Waals surface area contributed by atoms with E-state index in [2.05, 4.69) is 5.32 Å².